The van der Waals surface area contributed by atoms with Crippen LogP contribution in [0.3, 0.4) is 0 Å². The molecule has 1 aliphatic rings. The maximum Gasteiger partial charge on any atom is 0.215 e. The van der Waals surface area contributed by atoms with Crippen LogP contribution in [0.25, 0.3) is 0 Å². The lowest BCUT2D eigenvalue weighted by molar-refractivity contribution is 0.297. The predicted molar refractivity (Wildman–Crippen MR) is 73.9 cm³/mol. The minimum Gasteiger partial charge on any atom is -0.212 e. The molecule has 1 heterocycles. The van der Waals surface area contributed by atoms with Crippen molar-refractivity contribution in [2.45, 2.75) is 31.7 Å². The minimum absolute atomic E-state index is 0.0786. The van der Waals surface area contributed by atoms with E-state index in [1.807, 2.05) is 30.3 Å². The number of hydrogen-bond acceptors (Lipinski definition) is 3. The lowest BCUT2D eigenvalue weighted by atomic mass is 10.1. The zero-order chi connectivity index (χ0) is 13.7. The average molecular weight is 278 g/mol. The number of nitriles is 1. The summed E-state index contributed by atoms with van der Waals surface area (Å²) in [7, 11) is -3.33. The molecule has 0 amide bonds. The first kappa shape index (κ1) is 14.0. The van der Waals surface area contributed by atoms with Crippen molar-refractivity contribution in [2.75, 3.05) is 12.3 Å². The van der Waals surface area contributed by atoms with Gasteiger partial charge in [-0.25, -0.2) is 8.42 Å². The molecule has 5 heteroatoms. The molecule has 4 nitrogen and oxygen atoms in total. The summed E-state index contributed by atoms with van der Waals surface area (Å²) < 4.78 is 26.0. The Hall–Kier alpha value is -1.38. The Balaban J connectivity index is 2.03. The molecule has 1 atom stereocenters. The first-order valence-corrected chi connectivity index (χ1v) is 8.17. The molecule has 2 rings (SSSR count). The number of hydrogen-bond donors (Lipinski definition) is 0. The van der Waals surface area contributed by atoms with Crippen LogP contribution in [-0.4, -0.2) is 31.1 Å². The molecule has 1 fully saturated rings. The average Bonchev–Trinajstić information content (AvgIpc) is 2.46. The van der Waals surface area contributed by atoms with Crippen LogP contribution in [0.1, 0.15) is 24.8 Å². The van der Waals surface area contributed by atoms with Gasteiger partial charge in [0.15, 0.2) is 0 Å². The topological polar surface area (TPSA) is 61.2 Å². The second kappa shape index (κ2) is 6.18. The van der Waals surface area contributed by atoms with Gasteiger partial charge in [0.2, 0.25) is 10.0 Å². The van der Waals surface area contributed by atoms with E-state index in [9.17, 15) is 8.42 Å². The van der Waals surface area contributed by atoms with Crippen LogP contribution in [0.4, 0.5) is 0 Å². The monoisotopic (exact) mass is 278 g/mol. The largest absolute Gasteiger partial charge is 0.215 e. The summed E-state index contributed by atoms with van der Waals surface area (Å²) in [5.74, 6) is 0.0786. The lowest BCUT2D eigenvalue weighted by Crippen LogP contribution is -2.44. The summed E-state index contributed by atoms with van der Waals surface area (Å²) >= 11 is 0. The highest BCUT2D eigenvalue weighted by Gasteiger charge is 2.31. The molecular weight excluding hydrogens is 260 g/mol. The summed E-state index contributed by atoms with van der Waals surface area (Å²) in [6.45, 7) is 0.481. The van der Waals surface area contributed by atoms with E-state index in [2.05, 4.69) is 6.07 Å². The van der Waals surface area contributed by atoms with Crippen molar-refractivity contribution in [1.82, 2.24) is 4.31 Å². The molecule has 1 aliphatic heterocycles. The fourth-order valence-corrected chi connectivity index (χ4v) is 4.05. The van der Waals surface area contributed by atoms with Crippen molar-refractivity contribution >= 4 is 10.0 Å². The SMILES string of the molecule is N#CC1CCCCN1S(=O)(=O)CCc1ccccc1. The van der Waals surface area contributed by atoms with Crippen LogP contribution in [0, 0.1) is 11.3 Å². The number of sulfonamides is 1. The molecule has 0 aliphatic carbocycles. The number of rotatable bonds is 4. The van der Waals surface area contributed by atoms with Gasteiger partial charge >= 0.3 is 0 Å². The van der Waals surface area contributed by atoms with E-state index in [0.717, 1.165) is 18.4 Å². The maximum absolute atomic E-state index is 12.3. The predicted octanol–water partition coefficient (Wildman–Crippen LogP) is 1.94. The lowest BCUT2D eigenvalue weighted by Gasteiger charge is -2.30. The Bertz CT molecular complexity index is 549. The Kier molecular flexibility index (Phi) is 4.56. The normalized spacial score (nSPS) is 20.9. The molecule has 19 heavy (non-hydrogen) atoms. The van der Waals surface area contributed by atoms with E-state index in [1.54, 1.807) is 0 Å². The third-order valence-electron chi connectivity index (χ3n) is 3.45. The Morgan fingerprint density at radius 1 is 1.26 bits per heavy atom. The fourth-order valence-electron chi connectivity index (χ4n) is 2.38. The highest BCUT2D eigenvalue weighted by molar-refractivity contribution is 7.89. The first-order chi connectivity index (χ1) is 9.13. The Morgan fingerprint density at radius 3 is 2.68 bits per heavy atom. The molecule has 1 aromatic carbocycles. The summed E-state index contributed by atoms with van der Waals surface area (Å²) in [5.41, 5.74) is 1.01. The summed E-state index contributed by atoms with van der Waals surface area (Å²) in [6.07, 6.45) is 2.94. The molecule has 1 saturated heterocycles. The van der Waals surface area contributed by atoms with Crippen molar-refractivity contribution in [3.05, 3.63) is 35.9 Å². The van der Waals surface area contributed by atoms with Crippen molar-refractivity contribution in [1.29, 1.82) is 5.26 Å². The molecule has 0 radical (unpaired) electrons. The van der Waals surface area contributed by atoms with Crippen LogP contribution in [0.5, 0.6) is 0 Å². The van der Waals surface area contributed by atoms with Gasteiger partial charge in [0.05, 0.1) is 11.8 Å². The van der Waals surface area contributed by atoms with E-state index >= 15 is 0 Å². The number of benzene rings is 1. The van der Waals surface area contributed by atoms with E-state index in [-0.39, 0.29) is 5.75 Å². The molecule has 1 unspecified atom stereocenters. The standard InChI is InChI=1S/C14H18N2O2S/c15-12-14-8-4-5-10-16(14)19(17,18)11-9-13-6-2-1-3-7-13/h1-3,6-7,14H,4-5,8-11H2. The minimum atomic E-state index is -3.33. The van der Waals surface area contributed by atoms with Crippen LogP contribution in [0.2, 0.25) is 0 Å². The molecule has 0 bridgehead atoms. The second-order valence-electron chi connectivity index (χ2n) is 4.80. The van der Waals surface area contributed by atoms with E-state index in [4.69, 9.17) is 5.26 Å². The van der Waals surface area contributed by atoms with Crippen LogP contribution >= 0.6 is 0 Å². The second-order valence-corrected chi connectivity index (χ2v) is 6.84. The molecule has 0 N–H and O–H groups in total. The van der Waals surface area contributed by atoms with Gasteiger partial charge in [-0.15, -0.1) is 0 Å². The number of aryl methyl sites for hydroxylation is 1. The smallest absolute Gasteiger partial charge is 0.212 e. The number of piperidine rings is 1. The third kappa shape index (κ3) is 3.55. The van der Waals surface area contributed by atoms with Gasteiger partial charge in [-0.1, -0.05) is 30.3 Å². The highest BCUT2D eigenvalue weighted by Crippen LogP contribution is 2.20. The van der Waals surface area contributed by atoms with E-state index in [1.165, 1.54) is 4.31 Å². The van der Waals surface area contributed by atoms with Crippen LogP contribution < -0.4 is 0 Å². The maximum atomic E-state index is 12.3. The summed E-state index contributed by atoms with van der Waals surface area (Å²) in [5, 5.41) is 9.05. The van der Waals surface area contributed by atoms with E-state index < -0.39 is 16.1 Å². The highest BCUT2D eigenvalue weighted by atomic mass is 32.2. The number of nitrogens with zero attached hydrogens (tertiary/aromatic N) is 2. The van der Waals surface area contributed by atoms with Crippen molar-refractivity contribution in [2.24, 2.45) is 0 Å². The molecular formula is C14H18N2O2S. The van der Waals surface area contributed by atoms with Crippen molar-refractivity contribution in [3.63, 3.8) is 0 Å². The van der Waals surface area contributed by atoms with Crippen molar-refractivity contribution in [3.8, 4) is 6.07 Å². The van der Waals surface area contributed by atoms with Crippen LogP contribution in [-0.2, 0) is 16.4 Å². The van der Waals surface area contributed by atoms with Gasteiger partial charge in [0, 0.05) is 6.54 Å². The molecule has 0 aromatic heterocycles. The molecule has 0 spiro atoms. The third-order valence-corrected chi connectivity index (χ3v) is 5.32. The van der Waals surface area contributed by atoms with E-state index in [0.29, 0.717) is 19.4 Å². The van der Waals surface area contributed by atoms with Gasteiger partial charge in [-0.3, -0.25) is 0 Å². The van der Waals surface area contributed by atoms with Gasteiger partial charge in [-0.2, -0.15) is 9.57 Å². The van der Waals surface area contributed by atoms with Gasteiger partial charge in [-0.05, 0) is 31.2 Å². The molecule has 0 saturated carbocycles. The van der Waals surface area contributed by atoms with Gasteiger partial charge in [0.1, 0.15) is 6.04 Å². The fraction of sp³-hybridized carbons (Fsp3) is 0.500. The van der Waals surface area contributed by atoms with Gasteiger partial charge < -0.3 is 0 Å². The molecule has 102 valence electrons. The summed E-state index contributed by atoms with van der Waals surface area (Å²) in [4.78, 5) is 0. The van der Waals surface area contributed by atoms with Crippen molar-refractivity contribution < 1.29 is 8.42 Å². The zero-order valence-corrected chi connectivity index (χ0v) is 11.6. The molecule has 1 aromatic rings. The Morgan fingerprint density at radius 2 is 2.00 bits per heavy atom. The summed E-state index contributed by atoms with van der Waals surface area (Å²) in [6, 6.07) is 11.2. The van der Waals surface area contributed by atoms with Crippen LogP contribution in [0.15, 0.2) is 30.3 Å². The van der Waals surface area contributed by atoms with Gasteiger partial charge in [0.25, 0.3) is 0 Å². The Labute approximate surface area is 114 Å². The zero-order valence-electron chi connectivity index (χ0n) is 10.8. The quantitative estimate of drug-likeness (QED) is 0.845. The first-order valence-electron chi connectivity index (χ1n) is 6.56.